The van der Waals surface area contributed by atoms with E-state index >= 15 is 0 Å². The van der Waals surface area contributed by atoms with Crippen LogP contribution in [0.1, 0.15) is 11.1 Å². The molecular weight excluding hydrogens is 456 g/mol. The number of rotatable bonds is 7. The van der Waals surface area contributed by atoms with Gasteiger partial charge in [0.2, 0.25) is 11.7 Å². The van der Waals surface area contributed by atoms with Crippen molar-refractivity contribution < 1.29 is 31.1 Å². The molecule has 0 spiro atoms. The number of halogens is 6. The molecule has 3 aromatic carbocycles. The average Bonchev–Trinajstić information content (AvgIpc) is 2.87. The van der Waals surface area contributed by atoms with Gasteiger partial charge < -0.3 is 9.64 Å². The number of anilines is 1. The molecule has 0 radical (unpaired) electrons. The van der Waals surface area contributed by atoms with Crippen LogP contribution in [0, 0.1) is 0 Å². The summed E-state index contributed by atoms with van der Waals surface area (Å²) >= 11 is 0. The van der Waals surface area contributed by atoms with Gasteiger partial charge in [-0.3, -0.25) is 0 Å². The topological polar surface area (TPSA) is 12.5 Å². The number of ether oxygens (including phenoxy) is 1. The summed E-state index contributed by atoms with van der Waals surface area (Å²) in [6.45, 7) is 0. The van der Waals surface area contributed by atoms with E-state index in [-0.39, 0.29) is 5.75 Å². The molecule has 176 valence electrons. The van der Waals surface area contributed by atoms with Crippen molar-refractivity contribution in [3.63, 3.8) is 0 Å². The zero-order valence-electron chi connectivity index (χ0n) is 18.1. The van der Waals surface area contributed by atoms with E-state index in [1.807, 2.05) is 0 Å². The van der Waals surface area contributed by atoms with E-state index in [9.17, 15) is 26.3 Å². The highest BCUT2D eigenvalue weighted by molar-refractivity contribution is 5.69. The highest BCUT2D eigenvalue weighted by Crippen LogP contribution is 2.36. The van der Waals surface area contributed by atoms with Crippen LogP contribution in [0.2, 0.25) is 0 Å². The van der Waals surface area contributed by atoms with Gasteiger partial charge in [0, 0.05) is 30.9 Å². The second kappa shape index (κ2) is 10.8. The number of nitrogens with zero attached hydrogens (tertiary/aromatic N) is 1. The monoisotopic (exact) mass is 475 g/mol. The molecule has 3 aromatic rings. The van der Waals surface area contributed by atoms with Gasteiger partial charge >= 0.3 is 0 Å². The van der Waals surface area contributed by atoms with Crippen molar-refractivity contribution in [1.82, 2.24) is 0 Å². The van der Waals surface area contributed by atoms with Crippen LogP contribution in [0.25, 0.3) is 11.7 Å². The van der Waals surface area contributed by atoms with Crippen molar-refractivity contribution in [3.8, 4) is 11.5 Å². The van der Waals surface area contributed by atoms with Crippen LogP contribution in [0.15, 0.2) is 102 Å². The van der Waals surface area contributed by atoms with Gasteiger partial charge in [0.05, 0.1) is 0 Å². The fraction of sp³-hybridized carbons (Fsp3) is 0.0769. The second-order valence-corrected chi connectivity index (χ2v) is 7.26. The fourth-order valence-corrected chi connectivity index (χ4v) is 2.84. The normalized spacial score (nSPS) is 13.5. The molecule has 0 saturated carbocycles. The maximum Gasteiger partial charge on any atom is 0.200 e. The summed E-state index contributed by atoms with van der Waals surface area (Å²) in [5, 5.41) is 0. The van der Waals surface area contributed by atoms with E-state index < -0.39 is 46.1 Å². The van der Waals surface area contributed by atoms with Crippen molar-refractivity contribution in [2.75, 3.05) is 19.0 Å². The first-order valence-electron chi connectivity index (χ1n) is 9.96. The van der Waals surface area contributed by atoms with E-state index in [1.165, 1.54) is 24.3 Å². The third-order valence-corrected chi connectivity index (χ3v) is 4.69. The Morgan fingerprint density at radius 1 is 0.529 bits per heavy atom. The SMILES string of the molecule is CN(C)c1ccc(/C(F)=C(F)/C(F)=C(F)/C(F)=C(\F)c2ccc(Oc3ccccc3)cc2)cc1. The van der Waals surface area contributed by atoms with E-state index in [1.54, 1.807) is 49.3 Å². The number of para-hydroxylation sites is 1. The minimum Gasteiger partial charge on any atom is -0.457 e. The molecule has 8 heteroatoms. The zero-order chi connectivity index (χ0) is 24.8. The van der Waals surface area contributed by atoms with Gasteiger partial charge in [-0.2, -0.15) is 0 Å². The molecule has 3 rings (SSSR count). The van der Waals surface area contributed by atoms with E-state index in [0.29, 0.717) is 11.4 Å². The van der Waals surface area contributed by atoms with Crippen molar-refractivity contribution in [3.05, 3.63) is 113 Å². The third kappa shape index (κ3) is 5.70. The quantitative estimate of drug-likeness (QED) is 0.251. The summed E-state index contributed by atoms with van der Waals surface area (Å²) in [4.78, 5) is 1.69. The van der Waals surface area contributed by atoms with Crippen molar-refractivity contribution in [2.45, 2.75) is 0 Å². The van der Waals surface area contributed by atoms with E-state index in [0.717, 1.165) is 24.3 Å². The second-order valence-electron chi connectivity index (χ2n) is 7.26. The van der Waals surface area contributed by atoms with Gasteiger partial charge in [0.25, 0.3) is 0 Å². The molecule has 0 N–H and O–H groups in total. The molecule has 0 amide bonds. The van der Waals surface area contributed by atoms with Crippen molar-refractivity contribution >= 4 is 17.3 Å². The molecule has 0 heterocycles. The Balaban J connectivity index is 1.85. The lowest BCUT2D eigenvalue weighted by Crippen LogP contribution is -2.08. The van der Waals surface area contributed by atoms with Crippen LogP contribution in [0.4, 0.5) is 32.0 Å². The number of hydrogen-bond donors (Lipinski definition) is 0. The summed E-state index contributed by atoms with van der Waals surface area (Å²) in [7, 11) is 3.43. The third-order valence-electron chi connectivity index (χ3n) is 4.69. The number of hydrogen-bond acceptors (Lipinski definition) is 2. The lowest BCUT2D eigenvalue weighted by atomic mass is 10.1. The minimum absolute atomic E-state index is 0.279. The van der Waals surface area contributed by atoms with Crippen molar-refractivity contribution in [2.24, 2.45) is 0 Å². The molecule has 0 aromatic heterocycles. The molecule has 0 saturated heterocycles. The van der Waals surface area contributed by atoms with Gasteiger partial charge in [-0.25, -0.2) is 26.3 Å². The van der Waals surface area contributed by atoms with Crippen LogP contribution < -0.4 is 9.64 Å². The molecule has 0 aliphatic carbocycles. The van der Waals surface area contributed by atoms with E-state index in [4.69, 9.17) is 4.74 Å². The smallest absolute Gasteiger partial charge is 0.200 e. The summed E-state index contributed by atoms with van der Waals surface area (Å²) in [6, 6.07) is 18.4. The molecule has 0 aliphatic rings. The van der Waals surface area contributed by atoms with Crippen LogP contribution >= 0.6 is 0 Å². The van der Waals surface area contributed by atoms with Gasteiger partial charge in [0.1, 0.15) is 11.5 Å². The standard InChI is InChI=1S/C26H19F6NO/c1-33(2)18-12-8-16(9-13-18)21(27)23(29)25(31)26(32)24(30)22(28)17-10-14-20(15-11-17)34-19-6-4-3-5-7-19/h3-15H,1-2H3/b23-21+,24-22+,26-25+. The molecule has 0 unspecified atom stereocenters. The Morgan fingerprint density at radius 2 is 0.941 bits per heavy atom. The Morgan fingerprint density at radius 3 is 1.38 bits per heavy atom. The predicted molar refractivity (Wildman–Crippen MR) is 121 cm³/mol. The number of benzene rings is 3. The average molecular weight is 475 g/mol. The minimum atomic E-state index is -2.50. The zero-order valence-corrected chi connectivity index (χ0v) is 18.1. The first kappa shape index (κ1) is 24.7. The first-order chi connectivity index (χ1) is 16.2. The first-order valence-corrected chi connectivity index (χ1v) is 9.96. The summed E-state index contributed by atoms with van der Waals surface area (Å²) in [6.07, 6.45) is 0. The lowest BCUT2D eigenvalue weighted by Gasteiger charge is -2.12. The molecule has 0 aliphatic heterocycles. The van der Waals surface area contributed by atoms with Gasteiger partial charge in [-0.1, -0.05) is 18.2 Å². The molecule has 0 atom stereocenters. The Kier molecular flexibility index (Phi) is 7.83. The largest absolute Gasteiger partial charge is 0.457 e. The van der Waals surface area contributed by atoms with Crippen LogP contribution in [-0.4, -0.2) is 14.1 Å². The molecule has 0 fully saturated rings. The molecule has 2 nitrogen and oxygen atoms in total. The van der Waals surface area contributed by atoms with Gasteiger partial charge in [-0.05, 0) is 60.7 Å². The fourth-order valence-electron chi connectivity index (χ4n) is 2.84. The summed E-state index contributed by atoms with van der Waals surface area (Å²) in [5.41, 5.74) is -0.203. The highest BCUT2D eigenvalue weighted by atomic mass is 19.2. The van der Waals surface area contributed by atoms with Gasteiger partial charge in [0.15, 0.2) is 23.3 Å². The van der Waals surface area contributed by atoms with Crippen LogP contribution in [-0.2, 0) is 0 Å². The molecule has 0 bridgehead atoms. The molecular formula is C26H19F6NO. The summed E-state index contributed by atoms with van der Waals surface area (Å²) in [5.74, 6) is -12.4. The van der Waals surface area contributed by atoms with Crippen LogP contribution in [0.5, 0.6) is 11.5 Å². The Bertz CT molecular complexity index is 1230. The maximum atomic E-state index is 14.4. The number of allylic oxidation sites excluding steroid dienone is 4. The maximum absolute atomic E-state index is 14.4. The molecule has 34 heavy (non-hydrogen) atoms. The summed E-state index contributed by atoms with van der Waals surface area (Å²) < 4.78 is 90.8. The Hall–Kier alpha value is -3.94. The van der Waals surface area contributed by atoms with E-state index in [2.05, 4.69) is 0 Å². The van der Waals surface area contributed by atoms with Gasteiger partial charge in [-0.15, -0.1) is 0 Å². The predicted octanol–water partition coefficient (Wildman–Crippen LogP) is 8.61. The highest BCUT2D eigenvalue weighted by Gasteiger charge is 2.24. The lowest BCUT2D eigenvalue weighted by molar-refractivity contribution is 0.461. The van der Waals surface area contributed by atoms with Crippen molar-refractivity contribution in [1.29, 1.82) is 0 Å². The Labute approximate surface area is 192 Å². The van der Waals surface area contributed by atoms with Crippen LogP contribution in [0.3, 0.4) is 0 Å².